The van der Waals surface area contributed by atoms with Crippen LogP contribution in [0, 0.1) is 5.92 Å². The number of hydrogen-bond donors (Lipinski definition) is 0. The lowest BCUT2D eigenvalue weighted by atomic mass is 9.90. The highest BCUT2D eigenvalue weighted by molar-refractivity contribution is 8.13. The molecule has 0 aliphatic rings. The number of rotatable bonds is 7. The Hall–Kier alpha value is -0.740. The highest BCUT2D eigenvalue weighted by Crippen LogP contribution is 2.33. The summed E-state index contributed by atoms with van der Waals surface area (Å²) in [7, 11) is 1.72. The SMILES string of the molecule is CCCCOc1ccc(C(C)C(C)C)cc1S(=O)(=O)Cl. The highest BCUT2D eigenvalue weighted by Gasteiger charge is 2.20. The van der Waals surface area contributed by atoms with Crippen LogP contribution >= 0.6 is 10.7 Å². The van der Waals surface area contributed by atoms with Crippen LogP contribution in [0.3, 0.4) is 0 Å². The predicted octanol–water partition coefficient (Wildman–Crippen LogP) is 4.55. The van der Waals surface area contributed by atoms with Crippen molar-refractivity contribution in [3.63, 3.8) is 0 Å². The molecule has 0 aromatic heterocycles. The standard InChI is InChI=1S/C15H23ClO3S/c1-5-6-9-19-14-8-7-13(12(4)11(2)3)10-15(14)20(16,17)18/h7-8,10-12H,5-6,9H2,1-4H3. The molecule has 0 amide bonds. The van der Waals surface area contributed by atoms with Gasteiger partial charge in [-0.2, -0.15) is 0 Å². The summed E-state index contributed by atoms with van der Waals surface area (Å²) in [5.41, 5.74) is 0.960. The van der Waals surface area contributed by atoms with E-state index in [0.717, 1.165) is 18.4 Å². The van der Waals surface area contributed by atoms with Gasteiger partial charge in [0, 0.05) is 10.7 Å². The van der Waals surface area contributed by atoms with Crippen molar-refractivity contribution in [2.75, 3.05) is 6.61 Å². The third kappa shape index (κ3) is 4.67. The van der Waals surface area contributed by atoms with Gasteiger partial charge in [0.2, 0.25) is 0 Å². The molecule has 0 radical (unpaired) electrons. The van der Waals surface area contributed by atoms with E-state index in [0.29, 0.717) is 18.3 Å². The third-order valence-corrected chi connectivity index (χ3v) is 4.85. The second-order valence-electron chi connectivity index (χ2n) is 5.38. The van der Waals surface area contributed by atoms with Crippen LogP contribution in [0.1, 0.15) is 52.0 Å². The number of hydrogen-bond acceptors (Lipinski definition) is 3. The molecule has 114 valence electrons. The van der Waals surface area contributed by atoms with Crippen molar-refractivity contribution < 1.29 is 13.2 Å². The van der Waals surface area contributed by atoms with Crippen molar-refractivity contribution >= 4 is 19.7 Å². The van der Waals surface area contributed by atoms with Gasteiger partial charge >= 0.3 is 0 Å². The van der Waals surface area contributed by atoms with Gasteiger partial charge in [-0.25, -0.2) is 8.42 Å². The zero-order chi connectivity index (χ0) is 15.3. The molecular weight excluding hydrogens is 296 g/mol. The number of ether oxygens (including phenoxy) is 1. The monoisotopic (exact) mass is 318 g/mol. The molecule has 3 nitrogen and oxygen atoms in total. The maximum absolute atomic E-state index is 11.7. The molecule has 0 bridgehead atoms. The van der Waals surface area contributed by atoms with Crippen LogP contribution in [0.4, 0.5) is 0 Å². The fraction of sp³-hybridized carbons (Fsp3) is 0.600. The summed E-state index contributed by atoms with van der Waals surface area (Å²) in [4.78, 5) is 0.0697. The molecule has 0 saturated carbocycles. The second-order valence-corrected chi connectivity index (χ2v) is 7.91. The molecule has 1 rings (SSSR count). The maximum Gasteiger partial charge on any atom is 0.264 e. The molecule has 20 heavy (non-hydrogen) atoms. The van der Waals surface area contributed by atoms with Crippen molar-refractivity contribution in [1.29, 1.82) is 0 Å². The lowest BCUT2D eigenvalue weighted by molar-refractivity contribution is 0.301. The molecule has 0 spiro atoms. The summed E-state index contributed by atoms with van der Waals surface area (Å²) >= 11 is 0. The molecule has 1 aromatic rings. The van der Waals surface area contributed by atoms with Crippen LogP contribution in [-0.4, -0.2) is 15.0 Å². The van der Waals surface area contributed by atoms with Gasteiger partial charge in [-0.3, -0.25) is 0 Å². The van der Waals surface area contributed by atoms with Gasteiger partial charge in [-0.1, -0.05) is 40.2 Å². The van der Waals surface area contributed by atoms with E-state index in [1.54, 1.807) is 12.1 Å². The van der Waals surface area contributed by atoms with Crippen molar-refractivity contribution in [2.45, 2.75) is 51.3 Å². The summed E-state index contributed by atoms with van der Waals surface area (Å²) in [6.07, 6.45) is 1.87. The largest absolute Gasteiger partial charge is 0.492 e. The molecule has 5 heteroatoms. The van der Waals surface area contributed by atoms with Gasteiger partial charge < -0.3 is 4.74 Å². The first-order chi connectivity index (χ1) is 9.27. The van der Waals surface area contributed by atoms with Crippen LogP contribution in [0.25, 0.3) is 0 Å². The molecule has 0 saturated heterocycles. The maximum atomic E-state index is 11.7. The predicted molar refractivity (Wildman–Crippen MR) is 83.1 cm³/mol. The minimum absolute atomic E-state index is 0.0697. The van der Waals surface area contributed by atoms with E-state index < -0.39 is 9.05 Å². The zero-order valence-electron chi connectivity index (χ0n) is 12.5. The zero-order valence-corrected chi connectivity index (χ0v) is 14.1. The highest BCUT2D eigenvalue weighted by atomic mass is 35.7. The van der Waals surface area contributed by atoms with Gasteiger partial charge in [0.15, 0.2) is 0 Å². The summed E-state index contributed by atoms with van der Waals surface area (Å²) in [6.45, 7) is 8.82. The lowest BCUT2D eigenvalue weighted by Gasteiger charge is -2.18. The average molecular weight is 319 g/mol. The summed E-state index contributed by atoms with van der Waals surface area (Å²) < 4.78 is 29.0. The molecule has 0 aliphatic carbocycles. The molecule has 1 atom stereocenters. The van der Waals surface area contributed by atoms with Crippen LogP contribution in [0.2, 0.25) is 0 Å². The molecule has 0 aliphatic heterocycles. The van der Waals surface area contributed by atoms with E-state index in [9.17, 15) is 8.42 Å². The first-order valence-corrected chi connectivity index (χ1v) is 9.29. The minimum Gasteiger partial charge on any atom is -0.492 e. The topological polar surface area (TPSA) is 43.4 Å². The second kappa shape index (κ2) is 7.32. The van der Waals surface area contributed by atoms with Gasteiger partial charge in [-0.15, -0.1) is 0 Å². The summed E-state index contributed by atoms with van der Waals surface area (Å²) in [6, 6.07) is 5.25. The van der Waals surface area contributed by atoms with Crippen LogP contribution < -0.4 is 4.74 Å². The van der Waals surface area contributed by atoms with E-state index in [2.05, 4.69) is 27.7 Å². The Balaban J connectivity index is 3.14. The fourth-order valence-corrected chi connectivity index (χ4v) is 2.83. The lowest BCUT2D eigenvalue weighted by Crippen LogP contribution is -2.06. The van der Waals surface area contributed by atoms with Gasteiger partial charge in [0.05, 0.1) is 6.61 Å². The Labute approximate surface area is 126 Å². The van der Waals surface area contributed by atoms with Crippen molar-refractivity contribution in [1.82, 2.24) is 0 Å². The summed E-state index contributed by atoms with van der Waals surface area (Å²) in [5.74, 6) is 1.03. The Morgan fingerprint density at radius 1 is 1.25 bits per heavy atom. The molecule has 0 fully saturated rings. The smallest absolute Gasteiger partial charge is 0.264 e. The van der Waals surface area contributed by atoms with E-state index in [1.807, 2.05) is 6.07 Å². The number of unbranched alkanes of at least 4 members (excludes halogenated alkanes) is 1. The first kappa shape index (κ1) is 17.3. The average Bonchev–Trinajstić information content (AvgIpc) is 2.37. The first-order valence-electron chi connectivity index (χ1n) is 6.98. The third-order valence-electron chi connectivity index (χ3n) is 3.51. The number of halogens is 1. The fourth-order valence-electron chi connectivity index (χ4n) is 1.83. The van der Waals surface area contributed by atoms with E-state index in [4.69, 9.17) is 15.4 Å². The van der Waals surface area contributed by atoms with E-state index in [1.165, 1.54) is 0 Å². The molecule has 0 N–H and O–H groups in total. The van der Waals surface area contributed by atoms with Gasteiger partial charge in [0.1, 0.15) is 10.6 Å². The van der Waals surface area contributed by atoms with E-state index in [-0.39, 0.29) is 10.8 Å². The van der Waals surface area contributed by atoms with Crippen LogP contribution in [0.5, 0.6) is 5.75 Å². The number of benzene rings is 1. The van der Waals surface area contributed by atoms with E-state index >= 15 is 0 Å². The van der Waals surface area contributed by atoms with Crippen LogP contribution in [0.15, 0.2) is 23.1 Å². The van der Waals surface area contributed by atoms with Crippen molar-refractivity contribution in [2.24, 2.45) is 5.92 Å². The Kier molecular flexibility index (Phi) is 6.34. The van der Waals surface area contributed by atoms with Crippen LogP contribution in [-0.2, 0) is 9.05 Å². The minimum atomic E-state index is -3.81. The molecule has 0 heterocycles. The van der Waals surface area contributed by atoms with Crippen molar-refractivity contribution in [3.05, 3.63) is 23.8 Å². The van der Waals surface area contributed by atoms with Crippen molar-refractivity contribution in [3.8, 4) is 5.75 Å². The molecule has 1 unspecified atom stereocenters. The quantitative estimate of drug-likeness (QED) is 0.547. The Morgan fingerprint density at radius 2 is 1.90 bits per heavy atom. The Bertz CT molecular complexity index is 538. The normalized spacial score (nSPS) is 13.5. The molecular formula is C15H23ClO3S. The van der Waals surface area contributed by atoms with Gasteiger partial charge in [0.25, 0.3) is 9.05 Å². The Morgan fingerprint density at radius 3 is 2.40 bits per heavy atom. The molecule has 1 aromatic carbocycles. The van der Waals surface area contributed by atoms with Gasteiger partial charge in [-0.05, 0) is 36.0 Å². The summed E-state index contributed by atoms with van der Waals surface area (Å²) in [5, 5.41) is 0.